The van der Waals surface area contributed by atoms with Gasteiger partial charge in [0.25, 0.3) is 0 Å². The number of rotatable bonds is 5. The van der Waals surface area contributed by atoms with Gasteiger partial charge in [-0.1, -0.05) is 63.9 Å². The van der Waals surface area contributed by atoms with Gasteiger partial charge in [-0.05, 0) is 49.6 Å². The lowest BCUT2D eigenvalue weighted by Gasteiger charge is -2.28. The predicted octanol–water partition coefficient (Wildman–Crippen LogP) is 4.96. The molecule has 3 rings (SSSR count). The third-order valence-corrected chi connectivity index (χ3v) is 5.44. The largest absolute Gasteiger partial charge is 0.316 e. The van der Waals surface area contributed by atoms with E-state index >= 15 is 0 Å². The van der Waals surface area contributed by atoms with Crippen LogP contribution in [0, 0.1) is 0 Å². The Kier molecular flexibility index (Phi) is 4.39. The average molecular weight is 365 g/mol. The van der Waals surface area contributed by atoms with Crippen LogP contribution in [0.5, 0.6) is 0 Å². The van der Waals surface area contributed by atoms with Crippen molar-refractivity contribution in [3.63, 3.8) is 0 Å². The van der Waals surface area contributed by atoms with Crippen LogP contribution in [-0.2, 0) is 11.8 Å². The highest BCUT2D eigenvalue weighted by atomic mass is 79.9. The van der Waals surface area contributed by atoms with Gasteiger partial charge in [0.05, 0.1) is 0 Å². The van der Waals surface area contributed by atoms with Crippen molar-refractivity contribution >= 4 is 27.5 Å². The Morgan fingerprint density at radius 2 is 1.90 bits per heavy atom. The molecule has 1 atom stereocenters. The fourth-order valence-corrected chi connectivity index (χ4v) is 3.97. The van der Waals surface area contributed by atoms with Crippen LogP contribution in [0.1, 0.15) is 24.0 Å². The molecule has 21 heavy (non-hydrogen) atoms. The Balaban J connectivity index is 1.86. The second-order valence-corrected chi connectivity index (χ2v) is 7.13. The third-order valence-electron chi connectivity index (χ3n) is 4.59. The summed E-state index contributed by atoms with van der Waals surface area (Å²) in [4.78, 5) is 0. The summed E-state index contributed by atoms with van der Waals surface area (Å²) < 4.78 is 1.03. The second-order valence-electron chi connectivity index (χ2n) is 5.80. The van der Waals surface area contributed by atoms with Crippen LogP contribution in [0.3, 0.4) is 0 Å². The summed E-state index contributed by atoms with van der Waals surface area (Å²) in [7, 11) is 2.06. The first kappa shape index (κ1) is 15.1. The molecule has 1 unspecified atom stereocenters. The fourth-order valence-electron chi connectivity index (χ4n) is 3.22. The molecule has 1 nitrogen and oxygen atoms in total. The Morgan fingerprint density at radius 1 is 1.19 bits per heavy atom. The summed E-state index contributed by atoms with van der Waals surface area (Å²) in [6.45, 7) is 0. The maximum Gasteiger partial charge on any atom is 0.0449 e. The van der Waals surface area contributed by atoms with Crippen LogP contribution in [0.15, 0.2) is 53.0 Å². The highest BCUT2D eigenvalue weighted by Gasteiger charge is 2.49. The zero-order valence-electron chi connectivity index (χ0n) is 12.1. The zero-order chi connectivity index (χ0) is 14.9. The SMILES string of the molecule is CNC(Cc1ccc(Br)cc1Cl)C1(c2ccccc2)CC1. The van der Waals surface area contributed by atoms with Gasteiger partial charge in [-0.2, -0.15) is 0 Å². The van der Waals surface area contributed by atoms with Crippen molar-refractivity contribution < 1.29 is 0 Å². The van der Waals surface area contributed by atoms with Crippen LogP contribution in [-0.4, -0.2) is 13.1 Å². The van der Waals surface area contributed by atoms with E-state index in [1.54, 1.807) is 0 Å². The first-order valence-electron chi connectivity index (χ1n) is 7.32. The molecule has 1 aliphatic rings. The standard InChI is InChI=1S/C18H19BrClN/c1-21-17(11-13-7-8-15(19)12-16(13)20)18(9-10-18)14-5-3-2-4-6-14/h2-8,12,17,21H,9-11H2,1H3. The van der Waals surface area contributed by atoms with E-state index in [2.05, 4.69) is 70.8 Å². The first-order chi connectivity index (χ1) is 10.2. The van der Waals surface area contributed by atoms with E-state index < -0.39 is 0 Å². The van der Waals surface area contributed by atoms with Crippen molar-refractivity contribution in [3.8, 4) is 0 Å². The molecule has 0 spiro atoms. The highest BCUT2D eigenvalue weighted by molar-refractivity contribution is 9.10. The molecule has 0 amide bonds. The predicted molar refractivity (Wildman–Crippen MR) is 93.1 cm³/mol. The Bertz CT molecular complexity index is 622. The lowest BCUT2D eigenvalue weighted by Crippen LogP contribution is -2.39. The van der Waals surface area contributed by atoms with Gasteiger partial charge in [0.15, 0.2) is 0 Å². The Hall–Kier alpha value is -0.830. The van der Waals surface area contributed by atoms with Crippen molar-refractivity contribution in [3.05, 3.63) is 69.2 Å². The molecule has 1 saturated carbocycles. The van der Waals surface area contributed by atoms with Gasteiger partial charge in [-0.25, -0.2) is 0 Å². The summed E-state index contributed by atoms with van der Waals surface area (Å²) in [5.74, 6) is 0. The Labute approximate surface area is 139 Å². The molecule has 110 valence electrons. The van der Waals surface area contributed by atoms with E-state index in [1.807, 2.05) is 6.07 Å². The van der Waals surface area contributed by atoms with Gasteiger partial charge in [0.2, 0.25) is 0 Å². The highest BCUT2D eigenvalue weighted by Crippen LogP contribution is 2.51. The smallest absolute Gasteiger partial charge is 0.0449 e. The molecule has 1 aliphatic carbocycles. The van der Waals surface area contributed by atoms with Gasteiger partial charge in [-0.15, -0.1) is 0 Å². The third kappa shape index (κ3) is 3.03. The molecule has 3 heteroatoms. The lowest BCUT2D eigenvalue weighted by atomic mass is 9.84. The quantitative estimate of drug-likeness (QED) is 0.790. The van der Waals surface area contributed by atoms with Crippen LogP contribution < -0.4 is 5.32 Å². The molecular formula is C18H19BrClN. The van der Waals surface area contributed by atoms with Gasteiger partial charge < -0.3 is 5.32 Å². The van der Waals surface area contributed by atoms with Gasteiger partial charge in [0, 0.05) is 21.0 Å². The number of halogens is 2. The number of benzene rings is 2. The van der Waals surface area contributed by atoms with Crippen LogP contribution >= 0.6 is 27.5 Å². The molecule has 0 heterocycles. The molecular weight excluding hydrogens is 346 g/mol. The zero-order valence-corrected chi connectivity index (χ0v) is 14.4. The lowest BCUT2D eigenvalue weighted by molar-refractivity contribution is 0.442. The minimum Gasteiger partial charge on any atom is -0.316 e. The summed E-state index contributed by atoms with van der Waals surface area (Å²) in [5.41, 5.74) is 2.92. The number of nitrogens with one attached hydrogen (secondary N) is 1. The van der Waals surface area contributed by atoms with Crippen molar-refractivity contribution in [2.75, 3.05) is 7.05 Å². The number of likely N-dealkylation sites (N-methyl/N-ethyl adjacent to an activating group) is 1. The van der Waals surface area contributed by atoms with Crippen LogP contribution in [0.4, 0.5) is 0 Å². The maximum absolute atomic E-state index is 6.39. The van der Waals surface area contributed by atoms with Crippen molar-refractivity contribution in [2.45, 2.75) is 30.7 Å². The topological polar surface area (TPSA) is 12.0 Å². The van der Waals surface area contributed by atoms with E-state index in [9.17, 15) is 0 Å². The summed E-state index contributed by atoms with van der Waals surface area (Å²) in [5, 5.41) is 4.36. The minimum atomic E-state index is 0.270. The minimum absolute atomic E-state index is 0.270. The molecule has 0 aromatic heterocycles. The van der Waals surface area contributed by atoms with Gasteiger partial charge in [-0.3, -0.25) is 0 Å². The molecule has 2 aromatic rings. The van der Waals surface area contributed by atoms with E-state index in [0.29, 0.717) is 6.04 Å². The number of hydrogen-bond donors (Lipinski definition) is 1. The molecule has 1 fully saturated rings. The molecule has 1 N–H and O–H groups in total. The van der Waals surface area contributed by atoms with Gasteiger partial charge >= 0.3 is 0 Å². The average Bonchev–Trinajstić information content (AvgIpc) is 3.29. The first-order valence-corrected chi connectivity index (χ1v) is 8.49. The summed E-state index contributed by atoms with van der Waals surface area (Å²) in [6, 6.07) is 17.4. The Morgan fingerprint density at radius 3 is 2.48 bits per heavy atom. The summed E-state index contributed by atoms with van der Waals surface area (Å²) >= 11 is 9.86. The summed E-state index contributed by atoms with van der Waals surface area (Å²) in [6.07, 6.45) is 3.45. The van der Waals surface area contributed by atoms with Crippen LogP contribution in [0.2, 0.25) is 5.02 Å². The van der Waals surface area contributed by atoms with E-state index in [0.717, 1.165) is 15.9 Å². The van der Waals surface area contributed by atoms with E-state index in [-0.39, 0.29) is 5.41 Å². The molecule has 0 saturated heterocycles. The van der Waals surface area contributed by atoms with Crippen molar-refractivity contribution in [1.29, 1.82) is 0 Å². The normalized spacial score (nSPS) is 17.5. The van der Waals surface area contributed by atoms with Crippen LogP contribution in [0.25, 0.3) is 0 Å². The number of hydrogen-bond acceptors (Lipinski definition) is 1. The van der Waals surface area contributed by atoms with E-state index in [1.165, 1.54) is 24.0 Å². The second kappa shape index (κ2) is 6.12. The van der Waals surface area contributed by atoms with Gasteiger partial charge in [0.1, 0.15) is 0 Å². The monoisotopic (exact) mass is 363 g/mol. The molecule has 0 aliphatic heterocycles. The maximum atomic E-state index is 6.39. The molecule has 0 bridgehead atoms. The van der Waals surface area contributed by atoms with Crippen molar-refractivity contribution in [2.24, 2.45) is 0 Å². The fraction of sp³-hybridized carbons (Fsp3) is 0.333. The molecule has 0 radical (unpaired) electrons. The van der Waals surface area contributed by atoms with Crippen molar-refractivity contribution in [1.82, 2.24) is 5.32 Å². The molecule has 2 aromatic carbocycles. The van der Waals surface area contributed by atoms with E-state index in [4.69, 9.17) is 11.6 Å².